The highest BCUT2D eigenvalue weighted by atomic mass is 16.5. The van der Waals surface area contributed by atoms with Gasteiger partial charge in [-0.25, -0.2) is 5.84 Å². The number of nitrogens with zero attached hydrogens (tertiary/aromatic N) is 3. The number of piperidine rings is 1. The van der Waals surface area contributed by atoms with E-state index in [0.29, 0.717) is 45.1 Å². The summed E-state index contributed by atoms with van der Waals surface area (Å²) in [5, 5.41) is 27.4. The molecule has 14 heteroatoms. The summed E-state index contributed by atoms with van der Waals surface area (Å²) in [6.45, 7) is 14.0. The minimum atomic E-state index is -2.80. The molecule has 368 valence electrons. The number of hydrogen-bond donors (Lipinski definition) is 4. The van der Waals surface area contributed by atoms with Crippen LogP contribution in [0.25, 0.3) is 0 Å². The van der Waals surface area contributed by atoms with Gasteiger partial charge in [0.1, 0.15) is 18.2 Å². The van der Waals surface area contributed by atoms with Crippen molar-refractivity contribution in [2.45, 2.75) is 181 Å². The number of rotatable bonds is 7. The number of ether oxygens (including phenoxy) is 3. The molecule has 6 N–H and O–H groups in total. The molecule has 0 bridgehead atoms. The number of hydrogen-bond acceptors (Lipinski definition) is 12. The minimum absolute atomic E-state index is 0.0186. The van der Waals surface area contributed by atoms with Gasteiger partial charge in [-0.15, -0.1) is 0 Å². The Kier molecular flexibility index (Phi) is 24.0. The van der Waals surface area contributed by atoms with Crippen LogP contribution in [-0.4, -0.2) is 113 Å². The van der Waals surface area contributed by atoms with Crippen molar-refractivity contribution in [2.75, 3.05) is 27.4 Å². The molecule has 0 aromatic rings. The standard InChI is InChI=1S/C51H85N5O9/c1-34-18-12-10-14-20-35(2)26-39(6)48(58)47(64-9)28-36(3)27-37(4)44(57)31-45(38(5)29-41-23-24-43(46(30-41)63-8)56(53)33-54-52)65-32-42-22-16-17-25-55(42)50(60)49(59)51(61,62)40(7)21-15-11-13-19-34/h10,12,14,18,20,27,33,35,37-43,45-47,61-62H,11,13,15-17,19,21-26,28-32,52-53H2,1-9H3/b12-10+,20-14+,34-18+,36-27+,54-33-/t35-,37-,38-,39?,40?,41?,42+,43?,45?,46?,47?/m1/s1. The van der Waals surface area contributed by atoms with Crippen LogP contribution in [0.3, 0.4) is 0 Å². The lowest BCUT2D eigenvalue weighted by Gasteiger charge is -2.40. The highest BCUT2D eigenvalue weighted by molar-refractivity contribution is 6.38. The third-order valence-corrected chi connectivity index (χ3v) is 14.2. The third kappa shape index (κ3) is 17.6. The summed E-state index contributed by atoms with van der Waals surface area (Å²) in [7, 11) is 3.23. The summed E-state index contributed by atoms with van der Waals surface area (Å²) in [4.78, 5) is 56.7. The maximum Gasteiger partial charge on any atom is 0.296 e. The number of fused-ring (bicyclic) bond motifs is 1. The van der Waals surface area contributed by atoms with Crippen molar-refractivity contribution in [3.05, 3.63) is 47.6 Å². The van der Waals surface area contributed by atoms with Gasteiger partial charge in [0, 0.05) is 51.4 Å². The highest BCUT2D eigenvalue weighted by Gasteiger charge is 2.46. The average Bonchev–Trinajstić information content (AvgIpc) is 3.27. The van der Waals surface area contributed by atoms with Gasteiger partial charge in [0.25, 0.3) is 11.7 Å². The summed E-state index contributed by atoms with van der Waals surface area (Å²) in [5.41, 5.74) is 2.10. The van der Waals surface area contributed by atoms with Gasteiger partial charge < -0.3 is 35.2 Å². The van der Waals surface area contributed by atoms with E-state index in [1.807, 2.05) is 45.1 Å². The zero-order valence-electron chi connectivity index (χ0n) is 41.2. The SMILES string of the molecule is COC1C/C(C)=C/[C@@H](C)C(=O)CC([C@H](C)CC2CCC(N(N)/C=N\N)C(OC)C2)OC[C@@H]2CCCCN2C(=O)C(=O)C(O)(O)C(C)CCCCC/C(C)=C/C=C/C=C/[C@@H](C)CC(C)C1=O. The summed E-state index contributed by atoms with van der Waals surface area (Å²) >= 11 is 0. The normalized spacial score (nSPS) is 35.2. The van der Waals surface area contributed by atoms with Crippen molar-refractivity contribution in [3.63, 3.8) is 0 Å². The van der Waals surface area contributed by atoms with E-state index in [0.717, 1.165) is 56.9 Å². The van der Waals surface area contributed by atoms with Crippen LogP contribution in [0.2, 0.25) is 0 Å². The van der Waals surface area contributed by atoms with Gasteiger partial charge >= 0.3 is 0 Å². The lowest BCUT2D eigenvalue weighted by atomic mass is 9.77. The van der Waals surface area contributed by atoms with E-state index < -0.39 is 47.6 Å². The average molecular weight is 912 g/mol. The largest absolute Gasteiger partial charge is 0.379 e. The van der Waals surface area contributed by atoms with Crippen LogP contribution < -0.4 is 11.7 Å². The molecule has 14 nitrogen and oxygen atoms in total. The smallest absolute Gasteiger partial charge is 0.296 e. The number of hydrazone groups is 1. The Bertz CT molecular complexity index is 1680. The van der Waals surface area contributed by atoms with E-state index in [1.165, 1.54) is 21.8 Å². The molecule has 1 saturated carbocycles. The molecule has 11 atom stereocenters. The molecule has 0 aromatic carbocycles. The van der Waals surface area contributed by atoms with E-state index >= 15 is 0 Å². The van der Waals surface area contributed by atoms with E-state index in [2.05, 4.69) is 38.0 Å². The number of allylic oxidation sites excluding steroid dienone is 7. The first-order valence-corrected chi connectivity index (χ1v) is 24.3. The maximum atomic E-state index is 14.1. The zero-order chi connectivity index (χ0) is 48.3. The molecular weight excluding hydrogens is 827 g/mol. The lowest BCUT2D eigenvalue weighted by molar-refractivity contribution is -0.205. The fourth-order valence-electron chi connectivity index (χ4n) is 9.94. The molecular formula is C51H85N5O9. The Morgan fingerprint density at radius 2 is 1.65 bits per heavy atom. The number of hydrazine groups is 1. The van der Waals surface area contributed by atoms with E-state index in [1.54, 1.807) is 21.1 Å². The molecule has 2 aliphatic heterocycles. The first-order valence-electron chi connectivity index (χ1n) is 24.3. The minimum Gasteiger partial charge on any atom is -0.379 e. The van der Waals surface area contributed by atoms with E-state index in [9.17, 15) is 29.4 Å². The summed E-state index contributed by atoms with van der Waals surface area (Å²) in [5.74, 6) is 5.51. The molecule has 3 aliphatic rings. The predicted molar refractivity (Wildman–Crippen MR) is 256 cm³/mol. The van der Waals surface area contributed by atoms with Gasteiger partial charge in [-0.05, 0) is 102 Å². The van der Waals surface area contributed by atoms with Gasteiger partial charge in [-0.3, -0.25) is 24.2 Å². The Balaban J connectivity index is 1.91. The molecule has 1 saturated heterocycles. The topological polar surface area (TPSA) is 207 Å². The zero-order valence-corrected chi connectivity index (χ0v) is 41.2. The molecule has 0 aromatic heterocycles. The second-order valence-electron chi connectivity index (χ2n) is 19.7. The number of ketones is 3. The first-order chi connectivity index (χ1) is 30.8. The summed E-state index contributed by atoms with van der Waals surface area (Å²) < 4.78 is 18.3. The second-order valence-corrected chi connectivity index (χ2v) is 19.7. The van der Waals surface area contributed by atoms with Crippen LogP contribution in [0.15, 0.2) is 52.7 Å². The Morgan fingerprint density at radius 3 is 2.34 bits per heavy atom. The maximum absolute atomic E-state index is 14.1. The quantitative estimate of drug-likeness (QED) is 0.0383. The van der Waals surface area contributed by atoms with Crippen LogP contribution in [0.4, 0.5) is 0 Å². The highest BCUT2D eigenvalue weighted by Crippen LogP contribution is 2.35. The fraction of sp³-hybridized carbons (Fsp3) is 0.745. The van der Waals surface area contributed by atoms with Crippen LogP contribution in [-0.2, 0) is 33.4 Å². The Morgan fingerprint density at radius 1 is 0.923 bits per heavy atom. The number of nitrogens with two attached hydrogens (primary N) is 2. The number of carbonyl (C=O) groups excluding carboxylic acids is 4. The van der Waals surface area contributed by atoms with Crippen LogP contribution in [0.5, 0.6) is 0 Å². The van der Waals surface area contributed by atoms with Crippen molar-refractivity contribution < 1.29 is 43.6 Å². The Hall–Kier alpha value is -3.53. The molecule has 0 spiro atoms. The fourth-order valence-corrected chi connectivity index (χ4v) is 9.94. The predicted octanol–water partition coefficient (Wildman–Crippen LogP) is 7.13. The van der Waals surface area contributed by atoms with Crippen molar-refractivity contribution in [2.24, 2.45) is 52.3 Å². The molecule has 1 aliphatic carbocycles. The molecule has 65 heavy (non-hydrogen) atoms. The number of amides is 1. The molecule has 2 fully saturated rings. The number of methoxy groups -OCH3 is 2. The Labute approximate surface area is 390 Å². The monoisotopic (exact) mass is 912 g/mol. The lowest BCUT2D eigenvalue weighted by Crippen LogP contribution is -2.56. The third-order valence-electron chi connectivity index (χ3n) is 14.2. The summed E-state index contributed by atoms with van der Waals surface area (Å²) in [6.07, 6.45) is 22.2. The molecule has 0 radical (unpaired) electrons. The molecule has 7 unspecified atom stereocenters. The summed E-state index contributed by atoms with van der Waals surface area (Å²) in [6, 6.07) is -0.569. The number of carbonyl (C=O) groups is 4. The van der Waals surface area contributed by atoms with Crippen molar-refractivity contribution in [1.82, 2.24) is 9.91 Å². The van der Waals surface area contributed by atoms with Gasteiger partial charge in [0.05, 0.1) is 30.9 Å². The van der Waals surface area contributed by atoms with Crippen molar-refractivity contribution in [3.8, 4) is 0 Å². The van der Waals surface area contributed by atoms with Gasteiger partial charge in [0.2, 0.25) is 5.79 Å². The van der Waals surface area contributed by atoms with Crippen LogP contribution in [0.1, 0.15) is 145 Å². The van der Waals surface area contributed by atoms with E-state index in [4.69, 9.17) is 25.9 Å². The van der Waals surface area contributed by atoms with Crippen LogP contribution >= 0.6 is 0 Å². The first kappa shape index (κ1) is 55.8. The molecule has 1 amide bonds. The van der Waals surface area contributed by atoms with E-state index in [-0.39, 0.29) is 60.4 Å². The van der Waals surface area contributed by atoms with Crippen molar-refractivity contribution >= 4 is 29.6 Å². The number of Topliss-reactive ketones (excluding diaryl/α,β-unsaturated/α-hetero) is 3. The van der Waals surface area contributed by atoms with Gasteiger partial charge in [0.15, 0.2) is 5.78 Å². The van der Waals surface area contributed by atoms with Gasteiger partial charge in [-0.1, -0.05) is 95.1 Å². The second kappa shape index (κ2) is 28.0. The van der Waals surface area contributed by atoms with Crippen molar-refractivity contribution in [1.29, 1.82) is 0 Å². The molecule has 2 heterocycles. The van der Waals surface area contributed by atoms with Gasteiger partial charge in [-0.2, -0.15) is 5.10 Å². The molecule has 3 rings (SSSR count). The number of aliphatic hydroxyl groups is 2. The van der Waals surface area contributed by atoms with Crippen LogP contribution in [0, 0.1) is 35.5 Å².